The lowest BCUT2D eigenvalue weighted by Gasteiger charge is -2.45. The largest absolute Gasteiger partial charge is 0.378 e. The third kappa shape index (κ3) is 3.32. The maximum absolute atomic E-state index is 5.88. The highest BCUT2D eigenvalue weighted by Crippen LogP contribution is 2.33. The highest BCUT2D eigenvalue weighted by molar-refractivity contribution is 5.00. The highest BCUT2D eigenvalue weighted by Gasteiger charge is 2.39. The van der Waals surface area contributed by atoms with Gasteiger partial charge in [0.15, 0.2) is 0 Å². The van der Waals surface area contributed by atoms with Gasteiger partial charge in [-0.15, -0.1) is 0 Å². The summed E-state index contributed by atoms with van der Waals surface area (Å²) in [5.41, 5.74) is 0.458. The summed E-state index contributed by atoms with van der Waals surface area (Å²) in [5, 5.41) is 3.84. The van der Waals surface area contributed by atoms with Crippen molar-refractivity contribution in [1.29, 1.82) is 0 Å². The fourth-order valence-corrected chi connectivity index (χ4v) is 4.12. The van der Waals surface area contributed by atoms with Crippen molar-refractivity contribution in [2.24, 2.45) is 0 Å². The molecule has 0 aromatic heterocycles. The Balaban J connectivity index is 1.50. The van der Waals surface area contributed by atoms with E-state index in [9.17, 15) is 0 Å². The predicted octanol–water partition coefficient (Wildman–Crippen LogP) is 2.55. The van der Waals surface area contributed by atoms with Crippen molar-refractivity contribution in [2.45, 2.75) is 76.0 Å². The number of ether oxygens (including phenoxy) is 1. The first-order chi connectivity index (χ1) is 9.27. The Kier molecular flexibility index (Phi) is 4.45. The van der Waals surface area contributed by atoms with Crippen LogP contribution in [0.1, 0.15) is 58.3 Å². The Bertz CT molecular complexity index is 282. The van der Waals surface area contributed by atoms with Gasteiger partial charge < -0.3 is 10.1 Å². The van der Waals surface area contributed by atoms with Crippen LogP contribution >= 0.6 is 0 Å². The third-order valence-corrected chi connectivity index (χ3v) is 5.47. The van der Waals surface area contributed by atoms with Gasteiger partial charge in [-0.1, -0.05) is 12.8 Å². The van der Waals surface area contributed by atoms with Gasteiger partial charge in [0.2, 0.25) is 0 Å². The Morgan fingerprint density at radius 3 is 2.79 bits per heavy atom. The van der Waals surface area contributed by atoms with Crippen molar-refractivity contribution in [1.82, 2.24) is 10.2 Å². The van der Waals surface area contributed by atoms with Crippen LogP contribution in [-0.2, 0) is 4.74 Å². The number of piperazine rings is 1. The molecule has 0 aromatic carbocycles. The molecule has 2 saturated heterocycles. The van der Waals surface area contributed by atoms with Crippen molar-refractivity contribution in [3.05, 3.63) is 0 Å². The molecular formula is C16H30N2O. The minimum atomic E-state index is 0.458. The summed E-state index contributed by atoms with van der Waals surface area (Å²) in [5.74, 6) is 0. The topological polar surface area (TPSA) is 24.5 Å². The van der Waals surface area contributed by atoms with E-state index in [1.807, 2.05) is 0 Å². The summed E-state index contributed by atoms with van der Waals surface area (Å²) in [7, 11) is 0. The van der Waals surface area contributed by atoms with Gasteiger partial charge in [0, 0.05) is 37.8 Å². The zero-order chi connectivity index (χ0) is 13.1. The molecule has 3 fully saturated rings. The van der Waals surface area contributed by atoms with Gasteiger partial charge >= 0.3 is 0 Å². The van der Waals surface area contributed by atoms with Crippen LogP contribution in [0, 0.1) is 0 Å². The first-order valence-electron chi connectivity index (χ1n) is 8.38. The van der Waals surface area contributed by atoms with Gasteiger partial charge in [-0.3, -0.25) is 4.90 Å². The smallest absolute Gasteiger partial charge is 0.0587 e. The lowest BCUT2D eigenvalue weighted by atomic mass is 9.92. The monoisotopic (exact) mass is 266 g/mol. The molecule has 1 aliphatic carbocycles. The van der Waals surface area contributed by atoms with Gasteiger partial charge in [-0.25, -0.2) is 0 Å². The van der Waals surface area contributed by atoms with Crippen molar-refractivity contribution < 1.29 is 4.74 Å². The van der Waals surface area contributed by atoms with Crippen LogP contribution in [-0.4, -0.2) is 48.8 Å². The van der Waals surface area contributed by atoms with E-state index in [-0.39, 0.29) is 0 Å². The maximum atomic E-state index is 5.88. The predicted molar refractivity (Wildman–Crippen MR) is 78.4 cm³/mol. The van der Waals surface area contributed by atoms with Crippen LogP contribution in [0.2, 0.25) is 0 Å². The van der Waals surface area contributed by atoms with E-state index in [1.165, 1.54) is 71.0 Å². The second-order valence-corrected chi connectivity index (χ2v) is 6.97. The van der Waals surface area contributed by atoms with Crippen LogP contribution in [0.15, 0.2) is 0 Å². The fraction of sp³-hybridized carbons (Fsp3) is 1.00. The molecule has 3 nitrogen and oxygen atoms in total. The first kappa shape index (κ1) is 13.8. The molecule has 2 aliphatic heterocycles. The molecule has 0 amide bonds. The number of nitrogens with one attached hydrogen (secondary N) is 1. The molecule has 3 rings (SSSR count). The molecule has 0 aromatic rings. The van der Waals surface area contributed by atoms with E-state index in [2.05, 4.69) is 17.1 Å². The zero-order valence-electron chi connectivity index (χ0n) is 12.5. The van der Waals surface area contributed by atoms with Crippen LogP contribution in [0.4, 0.5) is 0 Å². The molecule has 3 aliphatic rings. The Morgan fingerprint density at radius 2 is 2.05 bits per heavy atom. The summed E-state index contributed by atoms with van der Waals surface area (Å²) in [4.78, 5) is 2.72. The number of hydrogen-bond acceptors (Lipinski definition) is 3. The minimum absolute atomic E-state index is 0.458. The Hall–Kier alpha value is -0.120. The fourth-order valence-electron chi connectivity index (χ4n) is 4.12. The zero-order valence-corrected chi connectivity index (χ0v) is 12.5. The summed E-state index contributed by atoms with van der Waals surface area (Å²) < 4.78 is 5.88. The van der Waals surface area contributed by atoms with Crippen LogP contribution in [0.5, 0.6) is 0 Å². The number of rotatable bonds is 3. The molecule has 2 heterocycles. The van der Waals surface area contributed by atoms with E-state index in [0.29, 0.717) is 17.7 Å². The van der Waals surface area contributed by atoms with Crippen LogP contribution in [0.3, 0.4) is 0 Å². The van der Waals surface area contributed by atoms with Gasteiger partial charge in [0.1, 0.15) is 0 Å². The Morgan fingerprint density at radius 1 is 1.21 bits per heavy atom. The quantitative estimate of drug-likeness (QED) is 0.849. The molecule has 19 heavy (non-hydrogen) atoms. The van der Waals surface area contributed by atoms with Crippen molar-refractivity contribution in [3.63, 3.8) is 0 Å². The molecule has 0 radical (unpaired) electrons. The van der Waals surface area contributed by atoms with E-state index in [4.69, 9.17) is 4.74 Å². The molecule has 1 N–H and O–H groups in total. The second-order valence-electron chi connectivity index (χ2n) is 6.97. The maximum Gasteiger partial charge on any atom is 0.0587 e. The minimum Gasteiger partial charge on any atom is -0.378 e. The van der Waals surface area contributed by atoms with Gasteiger partial charge in [-0.2, -0.15) is 0 Å². The average Bonchev–Trinajstić information content (AvgIpc) is 2.90. The van der Waals surface area contributed by atoms with E-state index < -0.39 is 0 Å². The summed E-state index contributed by atoms with van der Waals surface area (Å²) in [6.07, 6.45) is 11.3. The summed E-state index contributed by atoms with van der Waals surface area (Å²) >= 11 is 0. The molecule has 2 atom stereocenters. The number of hydrogen-bond donors (Lipinski definition) is 1. The standard InChI is InChI=1S/C16H30N2O/c1-14-12-17-16(8-3-4-9-16)13-18(14)10-7-15-6-2-5-11-19-15/h14-15,17H,2-13H2,1H3. The Labute approximate surface area is 118 Å². The lowest BCUT2D eigenvalue weighted by molar-refractivity contribution is -0.00309. The molecule has 110 valence electrons. The first-order valence-corrected chi connectivity index (χ1v) is 8.38. The SMILES string of the molecule is CC1CNC2(CCCC2)CN1CCC1CCCCO1. The molecule has 3 heteroatoms. The normalized spacial score (nSPS) is 35.8. The van der Waals surface area contributed by atoms with Crippen molar-refractivity contribution in [3.8, 4) is 0 Å². The lowest BCUT2D eigenvalue weighted by Crippen LogP contribution is -2.62. The molecular weight excluding hydrogens is 236 g/mol. The van der Waals surface area contributed by atoms with E-state index in [1.54, 1.807) is 0 Å². The van der Waals surface area contributed by atoms with Crippen LogP contribution < -0.4 is 5.32 Å². The molecule has 2 unspecified atom stereocenters. The van der Waals surface area contributed by atoms with E-state index >= 15 is 0 Å². The van der Waals surface area contributed by atoms with Gasteiger partial charge in [0.05, 0.1) is 6.10 Å². The highest BCUT2D eigenvalue weighted by atomic mass is 16.5. The van der Waals surface area contributed by atoms with Crippen molar-refractivity contribution >= 4 is 0 Å². The van der Waals surface area contributed by atoms with Crippen LogP contribution in [0.25, 0.3) is 0 Å². The third-order valence-electron chi connectivity index (χ3n) is 5.47. The average molecular weight is 266 g/mol. The molecule has 1 spiro atoms. The second kappa shape index (κ2) is 6.11. The number of nitrogens with zero attached hydrogens (tertiary/aromatic N) is 1. The van der Waals surface area contributed by atoms with E-state index in [0.717, 1.165) is 6.61 Å². The molecule has 0 bridgehead atoms. The van der Waals surface area contributed by atoms with Gasteiger partial charge in [0.25, 0.3) is 0 Å². The van der Waals surface area contributed by atoms with Crippen molar-refractivity contribution in [2.75, 3.05) is 26.2 Å². The summed E-state index contributed by atoms with van der Waals surface area (Å²) in [6, 6.07) is 0.690. The van der Waals surface area contributed by atoms with Gasteiger partial charge in [-0.05, 0) is 45.4 Å². The molecule has 1 saturated carbocycles. The summed E-state index contributed by atoms with van der Waals surface area (Å²) in [6.45, 7) is 7.03.